The predicted octanol–water partition coefficient (Wildman–Crippen LogP) is 4.46. The topological polar surface area (TPSA) is 59.6 Å². The molecule has 0 radical (unpaired) electrons. The minimum atomic E-state index is -0.220. The third-order valence-electron chi connectivity index (χ3n) is 5.15. The van der Waals surface area contributed by atoms with Crippen molar-refractivity contribution in [3.05, 3.63) is 11.6 Å². The van der Waals surface area contributed by atoms with E-state index >= 15 is 0 Å². The molecule has 0 saturated carbocycles. The van der Waals surface area contributed by atoms with Gasteiger partial charge in [0, 0.05) is 24.7 Å². The fourth-order valence-electron chi connectivity index (χ4n) is 3.48. The Morgan fingerprint density at radius 1 is 1.03 bits per heavy atom. The Labute approximate surface area is 179 Å². The van der Waals surface area contributed by atoms with Gasteiger partial charge in [-0.2, -0.15) is 0 Å². The average Bonchev–Trinajstić information content (AvgIpc) is 2.61. The first kappa shape index (κ1) is 26.1. The fraction of sp³-hybridized carbons (Fsp3) is 0.875. The molecule has 0 aromatic rings. The van der Waals surface area contributed by atoms with Gasteiger partial charge in [0.2, 0.25) is 0 Å². The van der Waals surface area contributed by atoms with Crippen LogP contribution in [0.25, 0.3) is 0 Å². The Morgan fingerprint density at radius 3 is 2.07 bits per heavy atom. The van der Waals surface area contributed by atoms with Gasteiger partial charge in [-0.05, 0) is 43.1 Å². The second-order valence-corrected chi connectivity index (χ2v) is 10.7. The van der Waals surface area contributed by atoms with Crippen molar-refractivity contribution in [3.63, 3.8) is 0 Å². The summed E-state index contributed by atoms with van der Waals surface area (Å²) in [7, 11) is 0. The highest BCUT2D eigenvalue weighted by atomic mass is 16.5. The molecule has 0 amide bonds. The van der Waals surface area contributed by atoms with Crippen molar-refractivity contribution in [1.29, 1.82) is 0 Å². The molecule has 0 heterocycles. The Hall–Kier alpha value is -0.910. The lowest BCUT2D eigenvalue weighted by Gasteiger charge is -2.41. The number of ether oxygens (including phenoxy) is 2. The van der Waals surface area contributed by atoms with E-state index in [-0.39, 0.29) is 41.1 Å². The largest absolute Gasteiger partial charge is 0.463 e. The third kappa shape index (κ3) is 9.63. The van der Waals surface area contributed by atoms with Crippen LogP contribution in [0.2, 0.25) is 0 Å². The first-order chi connectivity index (χ1) is 13.4. The molecule has 0 aromatic carbocycles. The Morgan fingerprint density at radius 2 is 1.59 bits per heavy atom. The third-order valence-corrected chi connectivity index (χ3v) is 5.15. The van der Waals surface area contributed by atoms with E-state index in [1.807, 2.05) is 13.0 Å². The molecule has 3 unspecified atom stereocenters. The maximum atomic E-state index is 12.5. The van der Waals surface area contributed by atoms with Crippen LogP contribution in [0, 0.1) is 10.8 Å². The van der Waals surface area contributed by atoms with Gasteiger partial charge >= 0.3 is 5.97 Å². The van der Waals surface area contributed by atoms with Crippen LogP contribution >= 0.6 is 0 Å². The van der Waals surface area contributed by atoms with Gasteiger partial charge in [-0.1, -0.05) is 55.4 Å². The molecule has 1 aliphatic rings. The molecule has 0 saturated heterocycles. The summed E-state index contributed by atoms with van der Waals surface area (Å²) in [5.41, 5.74) is 1.05. The van der Waals surface area contributed by atoms with Crippen molar-refractivity contribution in [2.24, 2.45) is 10.8 Å². The van der Waals surface area contributed by atoms with Crippen molar-refractivity contribution >= 4 is 5.97 Å². The summed E-state index contributed by atoms with van der Waals surface area (Å²) >= 11 is 0. The van der Waals surface area contributed by atoms with Crippen LogP contribution in [0.4, 0.5) is 0 Å². The van der Waals surface area contributed by atoms with Gasteiger partial charge in [0.25, 0.3) is 0 Å². The first-order valence-electron chi connectivity index (χ1n) is 11.4. The molecule has 2 N–H and O–H groups in total. The van der Waals surface area contributed by atoms with Gasteiger partial charge in [0.1, 0.15) is 0 Å². The van der Waals surface area contributed by atoms with E-state index in [2.05, 4.69) is 66.0 Å². The zero-order chi connectivity index (χ0) is 22.2. The number of hydrogen-bond donors (Lipinski definition) is 2. The average molecular weight is 411 g/mol. The highest BCUT2D eigenvalue weighted by Crippen LogP contribution is 2.27. The molecule has 0 bridgehead atoms. The molecule has 0 aromatic heterocycles. The predicted molar refractivity (Wildman–Crippen MR) is 121 cm³/mol. The van der Waals surface area contributed by atoms with E-state index in [9.17, 15) is 4.79 Å². The summed E-state index contributed by atoms with van der Waals surface area (Å²) in [6.45, 7) is 21.7. The quantitative estimate of drug-likeness (QED) is 0.521. The lowest BCUT2D eigenvalue weighted by molar-refractivity contribution is -0.139. The fourth-order valence-corrected chi connectivity index (χ4v) is 3.48. The molecule has 1 rings (SSSR count). The van der Waals surface area contributed by atoms with Gasteiger partial charge in [0.05, 0.1) is 24.9 Å². The van der Waals surface area contributed by atoms with Crippen molar-refractivity contribution in [1.82, 2.24) is 10.6 Å². The van der Waals surface area contributed by atoms with E-state index in [0.29, 0.717) is 13.0 Å². The summed E-state index contributed by atoms with van der Waals surface area (Å²) in [5.74, 6) is -0.220. The van der Waals surface area contributed by atoms with Gasteiger partial charge in [0.15, 0.2) is 0 Å². The Balaban J connectivity index is 3.18. The monoisotopic (exact) mass is 410 g/mol. The van der Waals surface area contributed by atoms with Crippen LogP contribution in [0.1, 0.15) is 81.6 Å². The number of carbonyl (C=O) groups is 1. The SMILES string of the molecule is CCOC(=O)C1=CC(OC(CC)CC)C(NCC(C)(C)C)C(NCC(C)(C)C)C1. The molecule has 170 valence electrons. The van der Waals surface area contributed by atoms with Crippen LogP contribution in [-0.4, -0.2) is 50.0 Å². The van der Waals surface area contributed by atoms with Crippen molar-refractivity contribution < 1.29 is 14.3 Å². The van der Waals surface area contributed by atoms with Crippen LogP contribution in [0.3, 0.4) is 0 Å². The molecule has 3 atom stereocenters. The molecular weight excluding hydrogens is 364 g/mol. The van der Waals surface area contributed by atoms with Crippen molar-refractivity contribution in [2.75, 3.05) is 19.7 Å². The number of hydrogen-bond acceptors (Lipinski definition) is 5. The lowest BCUT2D eigenvalue weighted by atomic mass is 9.85. The van der Waals surface area contributed by atoms with E-state index < -0.39 is 0 Å². The molecule has 0 fully saturated rings. The lowest BCUT2D eigenvalue weighted by Crippen LogP contribution is -2.59. The van der Waals surface area contributed by atoms with Gasteiger partial charge in [-0.3, -0.25) is 0 Å². The normalized spacial score (nSPS) is 23.2. The molecule has 0 aliphatic heterocycles. The summed E-state index contributed by atoms with van der Waals surface area (Å²) < 4.78 is 11.8. The zero-order valence-electron chi connectivity index (χ0n) is 20.4. The number of esters is 1. The van der Waals surface area contributed by atoms with E-state index in [0.717, 1.165) is 31.5 Å². The summed E-state index contributed by atoms with van der Waals surface area (Å²) in [6, 6.07) is 0.218. The second-order valence-electron chi connectivity index (χ2n) is 10.7. The molecule has 0 spiro atoms. The smallest absolute Gasteiger partial charge is 0.333 e. The zero-order valence-corrected chi connectivity index (χ0v) is 20.4. The minimum absolute atomic E-state index is 0.107. The molecular formula is C24H46N2O3. The van der Waals surface area contributed by atoms with E-state index in [1.165, 1.54) is 0 Å². The van der Waals surface area contributed by atoms with Crippen molar-refractivity contribution in [3.8, 4) is 0 Å². The number of rotatable bonds is 10. The maximum Gasteiger partial charge on any atom is 0.333 e. The number of nitrogens with one attached hydrogen (secondary N) is 2. The molecule has 1 aliphatic carbocycles. The van der Waals surface area contributed by atoms with E-state index in [1.54, 1.807) is 0 Å². The van der Waals surface area contributed by atoms with Crippen molar-refractivity contribution in [2.45, 2.75) is 106 Å². The maximum absolute atomic E-state index is 12.5. The van der Waals surface area contributed by atoms with Crippen LogP contribution in [0.5, 0.6) is 0 Å². The minimum Gasteiger partial charge on any atom is -0.463 e. The van der Waals surface area contributed by atoms with Crippen LogP contribution < -0.4 is 10.6 Å². The van der Waals surface area contributed by atoms with Gasteiger partial charge in [-0.25, -0.2) is 4.79 Å². The highest BCUT2D eigenvalue weighted by Gasteiger charge is 2.37. The molecule has 29 heavy (non-hydrogen) atoms. The molecule has 5 nitrogen and oxygen atoms in total. The second kappa shape index (κ2) is 11.5. The highest BCUT2D eigenvalue weighted by molar-refractivity contribution is 5.89. The van der Waals surface area contributed by atoms with Gasteiger partial charge < -0.3 is 20.1 Å². The Bertz CT molecular complexity index is 527. The van der Waals surface area contributed by atoms with Crippen LogP contribution in [0.15, 0.2) is 11.6 Å². The summed E-state index contributed by atoms with van der Waals surface area (Å²) in [4.78, 5) is 12.5. The molecule has 5 heteroatoms. The Kier molecular flexibility index (Phi) is 10.3. The summed E-state index contributed by atoms with van der Waals surface area (Å²) in [5, 5.41) is 7.48. The number of carbonyl (C=O) groups excluding carboxylic acids is 1. The van der Waals surface area contributed by atoms with E-state index in [4.69, 9.17) is 9.47 Å². The van der Waals surface area contributed by atoms with Crippen LogP contribution in [-0.2, 0) is 14.3 Å². The first-order valence-corrected chi connectivity index (χ1v) is 11.4. The standard InChI is InChI=1S/C24H46N2O3/c1-10-18(11-2)29-20-14-17(22(27)28-12-3)13-19(25-15-23(4,5)6)21(20)26-16-24(7,8)9/h14,18-21,25-26H,10-13,15-16H2,1-9H3. The van der Waals surface area contributed by atoms with Gasteiger partial charge in [-0.15, -0.1) is 0 Å². The summed E-state index contributed by atoms with van der Waals surface area (Å²) in [6.07, 6.45) is 4.60.